The van der Waals surface area contributed by atoms with E-state index in [2.05, 4.69) is 190 Å². The van der Waals surface area contributed by atoms with Gasteiger partial charge in [-0.15, -0.1) is 0 Å². The molecule has 0 saturated carbocycles. The van der Waals surface area contributed by atoms with Crippen LogP contribution in [0.1, 0.15) is 0 Å². The normalized spacial score (nSPS) is 11.9. The lowest BCUT2D eigenvalue weighted by Gasteiger charge is -2.13. The molecule has 11 rings (SSSR count). The van der Waals surface area contributed by atoms with Crippen LogP contribution in [0.4, 0.5) is 0 Å². The summed E-state index contributed by atoms with van der Waals surface area (Å²) in [5.74, 6) is 0.635. The van der Waals surface area contributed by atoms with Crippen molar-refractivity contribution in [2.45, 2.75) is 0 Å². The molecular formula is C46H29N5. The highest BCUT2D eigenvalue weighted by Gasteiger charge is 2.28. The van der Waals surface area contributed by atoms with Crippen molar-refractivity contribution in [3.63, 3.8) is 0 Å². The average molecular weight is 652 g/mol. The summed E-state index contributed by atoms with van der Waals surface area (Å²) in [6.07, 6.45) is 0. The van der Waals surface area contributed by atoms with Gasteiger partial charge in [-0.05, 0) is 53.2 Å². The molecule has 4 aromatic heterocycles. The number of hydrogen-bond donors (Lipinski definition) is 0. The van der Waals surface area contributed by atoms with Crippen LogP contribution >= 0.6 is 0 Å². The highest BCUT2D eigenvalue weighted by molar-refractivity contribution is 6.23. The van der Waals surface area contributed by atoms with E-state index in [4.69, 9.17) is 9.97 Å². The Balaban J connectivity index is 1.38. The Labute approximate surface area is 292 Å². The van der Waals surface area contributed by atoms with E-state index >= 15 is 0 Å². The van der Waals surface area contributed by atoms with Crippen LogP contribution in [-0.4, -0.2) is 23.7 Å². The van der Waals surface area contributed by atoms with Crippen LogP contribution in [0, 0.1) is 0 Å². The van der Waals surface area contributed by atoms with Crippen LogP contribution in [0.3, 0.4) is 0 Å². The van der Waals surface area contributed by atoms with Gasteiger partial charge < -0.3 is 4.57 Å². The molecule has 0 aliphatic heterocycles. The minimum absolute atomic E-state index is 0.635. The molecule has 7 aromatic carbocycles. The van der Waals surface area contributed by atoms with Crippen molar-refractivity contribution < 1.29 is 0 Å². The summed E-state index contributed by atoms with van der Waals surface area (Å²) in [5, 5.41) is 6.98. The standard InChI is InChI=1S/C46H29N5/c1-4-17-31(18-5-1)42-41-44-43(36-25-13-15-27-38(36)49(44)32-19-6-2-7-20-32)50(33-21-8-3-9-22-33)45(41)48-46(47-42)51-37-26-14-12-24-35(37)40-34-23-11-10-16-30(34)28-29-39(40)51/h1-29H. The van der Waals surface area contributed by atoms with E-state index in [0.29, 0.717) is 5.95 Å². The van der Waals surface area contributed by atoms with Crippen molar-refractivity contribution >= 4 is 65.5 Å². The Hall–Kier alpha value is -6.98. The lowest BCUT2D eigenvalue weighted by molar-refractivity contribution is 0.995. The molecule has 0 atom stereocenters. The molecule has 0 spiro atoms. The molecule has 5 heteroatoms. The quantitative estimate of drug-likeness (QED) is 0.190. The van der Waals surface area contributed by atoms with Gasteiger partial charge in [-0.2, -0.15) is 4.98 Å². The largest absolute Gasteiger partial charge is 0.307 e. The summed E-state index contributed by atoms with van der Waals surface area (Å²) in [6, 6.07) is 62.2. The van der Waals surface area contributed by atoms with Crippen molar-refractivity contribution in [3.05, 3.63) is 176 Å². The molecule has 4 heterocycles. The summed E-state index contributed by atoms with van der Waals surface area (Å²) < 4.78 is 6.97. The van der Waals surface area contributed by atoms with Gasteiger partial charge in [0.05, 0.1) is 38.7 Å². The SMILES string of the molecule is c1ccc(-c2nc(-n3c4ccccc4c4c5ccccc5ccc43)nc3c2c2c(c4ccccc4n2-c2ccccc2)n3-c2ccccc2)cc1. The van der Waals surface area contributed by atoms with E-state index in [9.17, 15) is 0 Å². The van der Waals surface area contributed by atoms with Crippen LogP contribution in [0.25, 0.3) is 94.1 Å². The fourth-order valence-corrected chi connectivity index (χ4v) is 8.14. The van der Waals surface area contributed by atoms with Crippen molar-refractivity contribution in [2.24, 2.45) is 0 Å². The molecule has 238 valence electrons. The molecule has 0 amide bonds. The van der Waals surface area contributed by atoms with Gasteiger partial charge in [0.25, 0.3) is 0 Å². The first-order chi connectivity index (χ1) is 25.3. The third kappa shape index (κ3) is 3.97. The topological polar surface area (TPSA) is 40.6 Å². The molecular weight excluding hydrogens is 623 g/mol. The molecule has 5 nitrogen and oxygen atoms in total. The predicted molar refractivity (Wildman–Crippen MR) is 210 cm³/mol. The van der Waals surface area contributed by atoms with Gasteiger partial charge in [0.1, 0.15) is 0 Å². The van der Waals surface area contributed by atoms with Gasteiger partial charge in [-0.3, -0.25) is 9.13 Å². The van der Waals surface area contributed by atoms with E-state index in [1.165, 1.54) is 21.5 Å². The number of rotatable bonds is 4. The molecule has 0 unspecified atom stereocenters. The summed E-state index contributed by atoms with van der Waals surface area (Å²) in [6.45, 7) is 0. The van der Waals surface area contributed by atoms with E-state index in [1.54, 1.807) is 0 Å². The highest BCUT2D eigenvalue weighted by Crippen LogP contribution is 2.44. The highest BCUT2D eigenvalue weighted by atomic mass is 15.2. The first kappa shape index (κ1) is 27.9. The summed E-state index contributed by atoms with van der Waals surface area (Å²) in [7, 11) is 0. The van der Waals surface area contributed by atoms with Crippen LogP contribution in [-0.2, 0) is 0 Å². The second-order valence-electron chi connectivity index (χ2n) is 13.0. The maximum atomic E-state index is 5.61. The Morgan fingerprint density at radius 1 is 0.353 bits per heavy atom. The van der Waals surface area contributed by atoms with Crippen LogP contribution in [0.2, 0.25) is 0 Å². The molecule has 0 saturated heterocycles. The number of nitrogens with zero attached hydrogens (tertiary/aromatic N) is 5. The fraction of sp³-hybridized carbons (Fsp3) is 0. The van der Waals surface area contributed by atoms with Crippen molar-refractivity contribution in [1.29, 1.82) is 0 Å². The van der Waals surface area contributed by atoms with Gasteiger partial charge in [-0.1, -0.05) is 133 Å². The zero-order valence-electron chi connectivity index (χ0n) is 27.5. The number of hydrogen-bond acceptors (Lipinski definition) is 2. The van der Waals surface area contributed by atoms with E-state index < -0.39 is 0 Å². The number of aromatic nitrogens is 5. The Morgan fingerprint density at radius 3 is 1.65 bits per heavy atom. The monoisotopic (exact) mass is 651 g/mol. The van der Waals surface area contributed by atoms with E-state index in [0.717, 1.165) is 66.6 Å². The fourth-order valence-electron chi connectivity index (χ4n) is 8.14. The molecule has 51 heavy (non-hydrogen) atoms. The third-order valence-electron chi connectivity index (χ3n) is 10.2. The van der Waals surface area contributed by atoms with Gasteiger partial charge in [0.15, 0.2) is 5.65 Å². The first-order valence-electron chi connectivity index (χ1n) is 17.3. The van der Waals surface area contributed by atoms with Gasteiger partial charge >= 0.3 is 0 Å². The summed E-state index contributed by atoms with van der Waals surface area (Å²) in [5.41, 5.74) is 10.4. The van der Waals surface area contributed by atoms with Crippen LogP contribution < -0.4 is 0 Å². The summed E-state index contributed by atoms with van der Waals surface area (Å²) in [4.78, 5) is 11.2. The van der Waals surface area contributed by atoms with E-state index in [1.807, 2.05) is 0 Å². The second-order valence-corrected chi connectivity index (χ2v) is 13.0. The Morgan fingerprint density at radius 2 is 0.922 bits per heavy atom. The smallest absolute Gasteiger partial charge is 0.237 e. The van der Waals surface area contributed by atoms with Gasteiger partial charge in [-0.25, -0.2) is 4.98 Å². The second kappa shape index (κ2) is 10.8. The maximum absolute atomic E-state index is 5.61. The van der Waals surface area contributed by atoms with Crippen LogP contribution in [0.5, 0.6) is 0 Å². The Bertz CT molecular complexity index is 3120. The molecule has 0 aliphatic carbocycles. The lowest BCUT2D eigenvalue weighted by atomic mass is 10.0. The van der Waals surface area contributed by atoms with Crippen molar-refractivity contribution in [3.8, 4) is 28.6 Å². The summed E-state index contributed by atoms with van der Waals surface area (Å²) >= 11 is 0. The minimum Gasteiger partial charge on any atom is -0.307 e. The van der Waals surface area contributed by atoms with Crippen molar-refractivity contribution in [2.75, 3.05) is 0 Å². The van der Waals surface area contributed by atoms with E-state index in [-0.39, 0.29) is 0 Å². The molecule has 0 N–H and O–H groups in total. The maximum Gasteiger partial charge on any atom is 0.237 e. The molecule has 0 fully saturated rings. The minimum atomic E-state index is 0.635. The van der Waals surface area contributed by atoms with Crippen molar-refractivity contribution in [1.82, 2.24) is 23.7 Å². The molecule has 0 aliphatic rings. The van der Waals surface area contributed by atoms with Crippen LogP contribution in [0.15, 0.2) is 176 Å². The lowest BCUT2D eigenvalue weighted by Crippen LogP contribution is -2.05. The van der Waals surface area contributed by atoms with Gasteiger partial charge in [0.2, 0.25) is 5.95 Å². The number of fused-ring (bicyclic) bond motifs is 10. The average Bonchev–Trinajstić information content (AvgIpc) is 3.84. The molecule has 11 aromatic rings. The molecule has 0 radical (unpaired) electrons. The zero-order valence-corrected chi connectivity index (χ0v) is 27.5. The van der Waals surface area contributed by atoms with Gasteiger partial charge in [0, 0.05) is 33.1 Å². The first-order valence-corrected chi connectivity index (χ1v) is 17.3. The number of para-hydroxylation sites is 4. The zero-order chi connectivity index (χ0) is 33.5. The molecule has 0 bridgehead atoms. The number of benzene rings is 7. The third-order valence-corrected chi connectivity index (χ3v) is 10.2. The predicted octanol–water partition coefficient (Wildman–Crippen LogP) is 11.4. The Kier molecular flexibility index (Phi) is 5.89.